The Morgan fingerprint density at radius 3 is 2.48 bits per heavy atom. The standard InChI is InChI=1S/C19H20N2O4/c1-2-24-17-9-3-14(4-10-17)13-18(22)20-15-5-7-16(8-6-15)21-11-12-25-19(21)23/h3-10H,2,11-13H2,1H3,(H,20,22). The van der Waals surface area contributed by atoms with Crippen LogP contribution in [0.4, 0.5) is 16.2 Å². The number of nitrogens with one attached hydrogen (secondary N) is 1. The Labute approximate surface area is 146 Å². The molecule has 1 N–H and O–H groups in total. The van der Waals surface area contributed by atoms with Crippen molar-refractivity contribution in [1.29, 1.82) is 0 Å². The number of rotatable bonds is 6. The maximum absolute atomic E-state index is 12.2. The van der Waals surface area contributed by atoms with Gasteiger partial charge in [-0.2, -0.15) is 0 Å². The lowest BCUT2D eigenvalue weighted by molar-refractivity contribution is -0.115. The van der Waals surface area contributed by atoms with E-state index in [1.165, 1.54) is 0 Å². The number of anilines is 2. The van der Waals surface area contributed by atoms with Crippen molar-refractivity contribution in [2.24, 2.45) is 0 Å². The van der Waals surface area contributed by atoms with Crippen LogP contribution in [0.15, 0.2) is 48.5 Å². The number of cyclic esters (lactones) is 1. The van der Waals surface area contributed by atoms with Crippen LogP contribution in [0.3, 0.4) is 0 Å². The Morgan fingerprint density at radius 1 is 1.16 bits per heavy atom. The van der Waals surface area contributed by atoms with Gasteiger partial charge in [-0.05, 0) is 48.9 Å². The van der Waals surface area contributed by atoms with Gasteiger partial charge in [0.1, 0.15) is 12.4 Å². The minimum Gasteiger partial charge on any atom is -0.494 e. The van der Waals surface area contributed by atoms with Crippen LogP contribution >= 0.6 is 0 Å². The van der Waals surface area contributed by atoms with Crippen molar-refractivity contribution in [3.63, 3.8) is 0 Å². The third-order valence-corrected chi connectivity index (χ3v) is 3.82. The molecule has 0 spiro atoms. The zero-order valence-corrected chi connectivity index (χ0v) is 14.0. The first-order valence-electron chi connectivity index (χ1n) is 8.21. The van der Waals surface area contributed by atoms with Gasteiger partial charge in [0.15, 0.2) is 0 Å². The second kappa shape index (κ2) is 7.70. The van der Waals surface area contributed by atoms with E-state index in [-0.39, 0.29) is 18.4 Å². The predicted octanol–water partition coefficient (Wildman–Crippen LogP) is 3.22. The first-order chi connectivity index (χ1) is 12.2. The van der Waals surface area contributed by atoms with Gasteiger partial charge in [-0.25, -0.2) is 4.79 Å². The molecule has 2 amide bonds. The maximum Gasteiger partial charge on any atom is 0.414 e. The Balaban J connectivity index is 1.56. The fourth-order valence-corrected chi connectivity index (χ4v) is 2.61. The van der Waals surface area contributed by atoms with Gasteiger partial charge in [0.05, 0.1) is 19.6 Å². The molecule has 3 rings (SSSR count). The molecule has 130 valence electrons. The summed E-state index contributed by atoms with van der Waals surface area (Å²) < 4.78 is 10.3. The average molecular weight is 340 g/mol. The summed E-state index contributed by atoms with van der Waals surface area (Å²) in [6.45, 7) is 3.49. The van der Waals surface area contributed by atoms with Crippen molar-refractivity contribution in [2.45, 2.75) is 13.3 Å². The minimum atomic E-state index is -0.340. The van der Waals surface area contributed by atoms with E-state index in [2.05, 4.69) is 5.32 Å². The summed E-state index contributed by atoms with van der Waals surface area (Å²) in [5, 5.41) is 2.85. The molecule has 1 aliphatic rings. The molecule has 25 heavy (non-hydrogen) atoms. The van der Waals surface area contributed by atoms with E-state index in [4.69, 9.17) is 9.47 Å². The van der Waals surface area contributed by atoms with E-state index in [9.17, 15) is 9.59 Å². The van der Waals surface area contributed by atoms with Crippen LogP contribution in [0.2, 0.25) is 0 Å². The first kappa shape index (κ1) is 16.8. The van der Waals surface area contributed by atoms with Crippen LogP contribution in [0.1, 0.15) is 12.5 Å². The zero-order chi connectivity index (χ0) is 17.6. The topological polar surface area (TPSA) is 67.9 Å². The second-order valence-corrected chi connectivity index (χ2v) is 5.61. The van der Waals surface area contributed by atoms with E-state index in [1.807, 2.05) is 31.2 Å². The third kappa shape index (κ3) is 4.29. The Morgan fingerprint density at radius 2 is 1.88 bits per heavy atom. The van der Waals surface area contributed by atoms with Gasteiger partial charge in [0.25, 0.3) is 0 Å². The second-order valence-electron chi connectivity index (χ2n) is 5.61. The highest BCUT2D eigenvalue weighted by Gasteiger charge is 2.23. The van der Waals surface area contributed by atoms with Crippen LogP contribution in [0, 0.1) is 0 Å². The lowest BCUT2D eigenvalue weighted by atomic mass is 10.1. The normalized spacial score (nSPS) is 13.5. The number of carbonyl (C=O) groups excluding carboxylic acids is 2. The van der Waals surface area contributed by atoms with Crippen molar-refractivity contribution >= 4 is 23.4 Å². The summed E-state index contributed by atoms with van der Waals surface area (Å²) in [4.78, 5) is 25.3. The molecule has 1 fully saturated rings. The van der Waals surface area contributed by atoms with Crippen molar-refractivity contribution < 1.29 is 19.1 Å². The van der Waals surface area contributed by atoms with Crippen LogP contribution in [0.25, 0.3) is 0 Å². The largest absolute Gasteiger partial charge is 0.494 e. The molecule has 0 radical (unpaired) electrons. The molecule has 6 heteroatoms. The van der Waals surface area contributed by atoms with E-state index in [0.29, 0.717) is 25.4 Å². The molecule has 1 aliphatic heterocycles. The van der Waals surface area contributed by atoms with Crippen molar-refractivity contribution in [3.8, 4) is 5.75 Å². The highest BCUT2D eigenvalue weighted by Crippen LogP contribution is 2.21. The Hall–Kier alpha value is -3.02. The van der Waals surface area contributed by atoms with Gasteiger partial charge >= 0.3 is 6.09 Å². The highest BCUT2D eigenvalue weighted by molar-refractivity contribution is 5.93. The van der Waals surface area contributed by atoms with Gasteiger partial charge in [-0.15, -0.1) is 0 Å². The zero-order valence-electron chi connectivity index (χ0n) is 14.0. The number of ether oxygens (including phenoxy) is 2. The summed E-state index contributed by atoms with van der Waals surface area (Å²) in [6.07, 6.45) is -0.0561. The predicted molar refractivity (Wildman–Crippen MR) is 95.1 cm³/mol. The monoisotopic (exact) mass is 340 g/mol. The molecule has 1 heterocycles. The molecule has 2 aromatic carbocycles. The number of benzene rings is 2. The number of hydrogen-bond donors (Lipinski definition) is 1. The van der Waals surface area contributed by atoms with Crippen molar-refractivity contribution in [3.05, 3.63) is 54.1 Å². The summed E-state index contributed by atoms with van der Waals surface area (Å²) in [6, 6.07) is 14.6. The molecule has 0 saturated carbocycles. The number of hydrogen-bond acceptors (Lipinski definition) is 4. The van der Waals surface area contributed by atoms with Gasteiger partial charge in [0, 0.05) is 11.4 Å². The fraction of sp³-hybridized carbons (Fsp3) is 0.263. The van der Waals surface area contributed by atoms with Gasteiger partial charge < -0.3 is 14.8 Å². The lowest BCUT2D eigenvalue weighted by Gasteiger charge is -2.13. The van der Waals surface area contributed by atoms with Gasteiger partial charge in [0.2, 0.25) is 5.91 Å². The van der Waals surface area contributed by atoms with Crippen molar-refractivity contribution in [1.82, 2.24) is 0 Å². The molecule has 0 aliphatic carbocycles. The Kier molecular flexibility index (Phi) is 5.18. The number of amides is 2. The molecular weight excluding hydrogens is 320 g/mol. The third-order valence-electron chi connectivity index (χ3n) is 3.82. The molecule has 1 saturated heterocycles. The molecule has 6 nitrogen and oxygen atoms in total. The lowest BCUT2D eigenvalue weighted by Crippen LogP contribution is -2.23. The van der Waals surface area contributed by atoms with E-state index < -0.39 is 0 Å². The van der Waals surface area contributed by atoms with Crippen LogP contribution in [-0.2, 0) is 16.0 Å². The maximum atomic E-state index is 12.2. The molecule has 0 unspecified atom stereocenters. The van der Waals surface area contributed by atoms with Gasteiger partial charge in [-0.1, -0.05) is 12.1 Å². The van der Waals surface area contributed by atoms with Crippen molar-refractivity contribution in [2.75, 3.05) is 30.0 Å². The highest BCUT2D eigenvalue weighted by atomic mass is 16.6. The smallest absolute Gasteiger partial charge is 0.414 e. The molecule has 0 atom stereocenters. The van der Waals surface area contributed by atoms with E-state index in [1.54, 1.807) is 29.2 Å². The van der Waals surface area contributed by atoms with Crippen LogP contribution in [0.5, 0.6) is 5.75 Å². The fourth-order valence-electron chi connectivity index (χ4n) is 2.61. The Bertz CT molecular complexity index is 741. The molecule has 0 aromatic heterocycles. The van der Waals surface area contributed by atoms with E-state index >= 15 is 0 Å². The number of nitrogens with zero attached hydrogens (tertiary/aromatic N) is 1. The van der Waals surface area contributed by atoms with E-state index in [0.717, 1.165) is 17.0 Å². The van der Waals surface area contributed by atoms with Crippen LogP contribution in [-0.4, -0.2) is 31.8 Å². The average Bonchev–Trinajstić information content (AvgIpc) is 3.03. The molecule has 2 aromatic rings. The van der Waals surface area contributed by atoms with Crippen LogP contribution < -0.4 is 15.0 Å². The summed E-state index contributed by atoms with van der Waals surface area (Å²) in [5.41, 5.74) is 2.36. The quantitative estimate of drug-likeness (QED) is 0.877. The van der Waals surface area contributed by atoms with Gasteiger partial charge in [-0.3, -0.25) is 9.69 Å². The molecular formula is C19H20N2O4. The summed E-state index contributed by atoms with van der Waals surface area (Å²) >= 11 is 0. The number of carbonyl (C=O) groups is 2. The molecule has 0 bridgehead atoms. The first-order valence-corrected chi connectivity index (χ1v) is 8.21. The minimum absolute atomic E-state index is 0.0995. The summed E-state index contributed by atoms with van der Waals surface area (Å²) in [7, 11) is 0. The summed E-state index contributed by atoms with van der Waals surface area (Å²) in [5.74, 6) is 0.695. The SMILES string of the molecule is CCOc1ccc(CC(=O)Nc2ccc(N3CCOC3=O)cc2)cc1.